The molecule has 5 heteroatoms. The minimum absolute atomic E-state index is 0.158. The average Bonchev–Trinajstić information content (AvgIpc) is 2.70. The van der Waals surface area contributed by atoms with Crippen molar-refractivity contribution in [2.75, 3.05) is 7.11 Å². The average molecular weight is 249 g/mol. The molecule has 0 bridgehead atoms. The first-order valence-electron chi connectivity index (χ1n) is 5.15. The molecule has 0 aromatic carbocycles. The van der Waals surface area contributed by atoms with E-state index in [1.54, 1.807) is 12.2 Å². The van der Waals surface area contributed by atoms with Crippen molar-refractivity contribution in [3.8, 4) is 11.5 Å². The van der Waals surface area contributed by atoms with Gasteiger partial charge in [0.25, 0.3) is 0 Å². The predicted molar refractivity (Wildman–Crippen MR) is 68.0 cm³/mol. The number of methoxy groups -OCH3 is 1. The second-order valence-electron chi connectivity index (χ2n) is 4.42. The highest BCUT2D eigenvalue weighted by atomic mass is 28.3. The summed E-state index contributed by atoms with van der Waals surface area (Å²) >= 11 is 0. The standard InChI is InChI=1S/C12H15NO3Si/c1-15-12(14)10-9-16-11(13-10)7-5-6-8-17(2,3)4/h5,7,9H,1-4H3/b7-5-. The third-order valence-corrected chi connectivity index (χ3v) is 2.57. The van der Waals surface area contributed by atoms with Gasteiger partial charge in [-0.3, -0.25) is 0 Å². The summed E-state index contributed by atoms with van der Waals surface area (Å²) in [6.07, 6.45) is 4.56. The van der Waals surface area contributed by atoms with Crippen molar-refractivity contribution in [2.24, 2.45) is 0 Å². The highest BCUT2D eigenvalue weighted by Crippen LogP contribution is 2.05. The van der Waals surface area contributed by atoms with Gasteiger partial charge in [-0.1, -0.05) is 25.6 Å². The van der Waals surface area contributed by atoms with Crippen LogP contribution < -0.4 is 0 Å². The Morgan fingerprint density at radius 1 is 1.53 bits per heavy atom. The molecular formula is C12H15NO3Si. The molecule has 0 aliphatic carbocycles. The van der Waals surface area contributed by atoms with Crippen molar-refractivity contribution in [3.05, 3.63) is 23.9 Å². The third kappa shape index (κ3) is 4.70. The second-order valence-corrected chi connectivity index (χ2v) is 9.17. The summed E-state index contributed by atoms with van der Waals surface area (Å²) in [5.41, 5.74) is 3.33. The number of oxazole rings is 1. The molecule has 1 rings (SSSR count). The van der Waals surface area contributed by atoms with E-state index in [1.165, 1.54) is 13.4 Å². The van der Waals surface area contributed by atoms with Crippen LogP contribution >= 0.6 is 0 Å². The van der Waals surface area contributed by atoms with Crippen LogP contribution in [0.2, 0.25) is 19.6 Å². The first kappa shape index (κ1) is 13.3. The largest absolute Gasteiger partial charge is 0.464 e. The Morgan fingerprint density at radius 2 is 2.24 bits per heavy atom. The van der Waals surface area contributed by atoms with Crippen molar-refractivity contribution in [3.63, 3.8) is 0 Å². The minimum Gasteiger partial charge on any atom is -0.464 e. The normalized spacial score (nSPS) is 11.1. The van der Waals surface area contributed by atoms with E-state index in [9.17, 15) is 4.79 Å². The SMILES string of the molecule is COC(=O)c1coc(/C=C\C#C[Si](C)(C)C)n1. The minimum atomic E-state index is -1.35. The first-order chi connectivity index (χ1) is 7.92. The van der Waals surface area contributed by atoms with Crippen molar-refractivity contribution in [2.45, 2.75) is 19.6 Å². The molecule has 0 aliphatic heterocycles. The number of carbonyl (C=O) groups is 1. The molecule has 90 valence electrons. The molecule has 0 unspecified atom stereocenters. The Labute approximate surface area is 102 Å². The van der Waals surface area contributed by atoms with E-state index in [0.717, 1.165) is 0 Å². The van der Waals surface area contributed by atoms with Gasteiger partial charge in [-0.15, -0.1) is 5.54 Å². The molecule has 0 radical (unpaired) electrons. The molecule has 0 saturated carbocycles. The van der Waals surface area contributed by atoms with E-state index in [4.69, 9.17) is 4.42 Å². The lowest BCUT2D eigenvalue weighted by molar-refractivity contribution is 0.0594. The molecule has 4 nitrogen and oxygen atoms in total. The van der Waals surface area contributed by atoms with Gasteiger partial charge >= 0.3 is 5.97 Å². The number of ether oxygens (including phenoxy) is 1. The van der Waals surface area contributed by atoms with Gasteiger partial charge in [0, 0.05) is 6.08 Å². The lowest BCUT2D eigenvalue weighted by Crippen LogP contribution is -2.16. The number of carbonyl (C=O) groups excluding carboxylic acids is 1. The van der Waals surface area contributed by atoms with Gasteiger partial charge in [-0.05, 0) is 6.08 Å². The van der Waals surface area contributed by atoms with Crippen LogP contribution in [0.4, 0.5) is 0 Å². The van der Waals surface area contributed by atoms with E-state index < -0.39 is 14.0 Å². The van der Waals surface area contributed by atoms with E-state index in [0.29, 0.717) is 5.89 Å². The van der Waals surface area contributed by atoms with Crippen molar-refractivity contribution >= 4 is 20.1 Å². The zero-order valence-electron chi connectivity index (χ0n) is 10.4. The lowest BCUT2D eigenvalue weighted by atomic mass is 10.5. The summed E-state index contributed by atoms with van der Waals surface area (Å²) < 4.78 is 9.58. The summed E-state index contributed by atoms with van der Waals surface area (Å²) in [5.74, 6) is 2.77. The van der Waals surface area contributed by atoms with E-state index >= 15 is 0 Å². The van der Waals surface area contributed by atoms with Gasteiger partial charge < -0.3 is 9.15 Å². The maximum atomic E-state index is 11.1. The fourth-order valence-corrected chi connectivity index (χ4v) is 1.45. The number of hydrogen-bond acceptors (Lipinski definition) is 4. The molecule has 0 amide bonds. The van der Waals surface area contributed by atoms with Gasteiger partial charge in [0.2, 0.25) is 5.89 Å². The third-order valence-electron chi connectivity index (χ3n) is 1.67. The molecule has 1 heterocycles. The summed E-state index contributed by atoms with van der Waals surface area (Å²) in [6, 6.07) is 0. The Kier molecular flexibility index (Phi) is 4.29. The summed E-state index contributed by atoms with van der Waals surface area (Å²) in [5, 5.41) is 0. The fraction of sp³-hybridized carbons (Fsp3) is 0.333. The maximum absolute atomic E-state index is 11.1. The maximum Gasteiger partial charge on any atom is 0.360 e. The fourth-order valence-electron chi connectivity index (χ4n) is 0.934. The Hall–Kier alpha value is -1.80. The topological polar surface area (TPSA) is 52.3 Å². The molecule has 0 N–H and O–H groups in total. The summed E-state index contributed by atoms with van der Waals surface area (Å²) in [7, 11) is -0.0538. The summed E-state index contributed by atoms with van der Waals surface area (Å²) in [4.78, 5) is 15.0. The number of hydrogen-bond donors (Lipinski definition) is 0. The first-order valence-corrected chi connectivity index (χ1v) is 8.65. The van der Waals surface area contributed by atoms with Crippen molar-refractivity contribution in [1.29, 1.82) is 0 Å². The Balaban J connectivity index is 2.69. The van der Waals surface area contributed by atoms with Crippen LogP contribution in [-0.4, -0.2) is 26.1 Å². The van der Waals surface area contributed by atoms with Gasteiger partial charge in [0.15, 0.2) is 5.69 Å². The molecule has 0 spiro atoms. The highest BCUT2D eigenvalue weighted by Gasteiger charge is 2.10. The zero-order valence-corrected chi connectivity index (χ0v) is 11.4. The van der Waals surface area contributed by atoms with E-state index in [1.807, 2.05) is 0 Å². The Morgan fingerprint density at radius 3 is 2.82 bits per heavy atom. The van der Waals surface area contributed by atoms with E-state index in [2.05, 4.69) is 40.8 Å². The highest BCUT2D eigenvalue weighted by molar-refractivity contribution is 6.83. The van der Waals surface area contributed by atoms with Crippen LogP contribution in [0, 0.1) is 11.5 Å². The monoisotopic (exact) mass is 249 g/mol. The summed E-state index contributed by atoms with van der Waals surface area (Å²) in [6.45, 7) is 6.48. The smallest absolute Gasteiger partial charge is 0.360 e. The number of esters is 1. The quantitative estimate of drug-likeness (QED) is 0.458. The van der Waals surface area contributed by atoms with Gasteiger partial charge in [-0.25, -0.2) is 9.78 Å². The van der Waals surface area contributed by atoms with E-state index in [-0.39, 0.29) is 5.69 Å². The van der Waals surface area contributed by atoms with Crippen LogP contribution in [0.5, 0.6) is 0 Å². The zero-order chi connectivity index (χ0) is 12.9. The lowest BCUT2D eigenvalue weighted by Gasteiger charge is -2.01. The molecule has 0 atom stereocenters. The molecule has 0 aliphatic rings. The molecular weight excluding hydrogens is 234 g/mol. The van der Waals surface area contributed by atoms with Crippen LogP contribution in [0.3, 0.4) is 0 Å². The predicted octanol–water partition coefficient (Wildman–Crippen LogP) is 2.36. The number of allylic oxidation sites excluding steroid dienone is 1. The van der Waals surface area contributed by atoms with Gasteiger partial charge in [-0.2, -0.15) is 0 Å². The second kappa shape index (κ2) is 5.50. The molecule has 1 aromatic heterocycles. The van der Waals surface area contributed by atoms with Crippen LogP contribution in [0.15, 0.2) is 16.8 Å². The van der Waals surface area contributed by atoms with Crippen LogP contribution in [-0.2, 0) is 4.74 Å². The molecule has 17 heavy (non-hydrogen) atoms. The van der Waals surface area contributed by atoms with Gasteiger partial charge in [0.05, 0.1) is 7.11 Å². The van der Waals surface area contributed by atoms with Crippen molar-refractivity contribution < 1.29 is 13.9 Å². The molecule has 0 saturated heterocycles. The number of aromatic nitrogens is 1. The van der Waals surface area contributed by atoms with Crippen LogP contribution in [0.25, 0.3) is 6.08 Å². The van der Waals surface area contributed by atoms with Crippen LogP contribution in [0.1, 0.15) is 16.4 Å². The number of rotatable bonds is 2. The van der Waals surface area contributed by atoms with Crippen molar-refractivity contribution in [1.82, 2.24) is 4.98 Å². The van der Waals surface area contributed by atoms with Gasteiger partial charge in [0.1, 0.15) is 14.3 Å². The Bertz CT molecular complexity index is 486. The molecule has 0 fully saturated rings. The molecule has 1 aromatic rings. The number of nitrogens with zero attached hydrogens (tertiary/aromatic N) is 1.